The van der Waals surface area contributed by atoms with Crippen LogP contribution in [0.3, 0.4) is 0 Å². The normalized spacial score (nSPS) is 10.8. The van der Waals surface area contributed by atoms with Crippen molar-refractivity contribution >= 4 is 16.9 Å². The quantitative estimate of drug-likeness (QED) is 0.469. The fraction of sp³-hybridized carbons (Fsp3) is 0.357. The van der Waals surface area contributed by atoms with Crippen molar-refractivity contribution < 1.29 is 9.66 Å². The third-order valence-corrected chi connectivity index (χ3v) is 3.08. The van der Waals surface area contributed by atoms with Gasteiger partial charge in [-0.2, -0.15) is 5.26 Å². The minimum Gasteiger partial charge on any atom is -0.490 e. The van der Waals surface area contributed by atoms with Gasteiger partial charge in [-0.15, -0.1) is 0 Å². The van der Waals surface area contributed by atoms with Crippen molar-refractivity contribution in [2.75, 3.05) is 25.6 Å². The average molecular weight is 275 g/mol. The van der Waals surface area contributed by atoms with Crippen molar-refractivity contribution in [1.29, 1.82) is 5.26 Å². The van der Waals surface area contributed by atoms with Crippen molar-refractivity contribution in [2.45, 2.75) is 13.8 Å². The number of ether oxygens (including phenoxy) is 1. The molecule has 0 saturated carbocycles. The first kappa shape index (κ1) is 15.5. The van der Waals surface area contributed by atoms with E-state index in [2.05, 4.69) is 6.07 Å². The minimum atomic E-state index is -0.511. The van der Waals surface area contributed by atoms with Gasteiger partial charge in [0.05, 0.1) is 23.7 Å². The van der Waals surface area contributed by atoms with Crippen molar-refractivity contribution in [2.24, 2.45) is 0 Å². The lowest BCUT2D eigenvalue weighted by atomic mass is 10.0. The van der Waals surface area contributed by atoms with Crippen LogP contribution in [0.15, 0.2) is 18.2 Å². The van der Waals surface area contributed by atoms with E-state index in [1.165, 1.54) is 13.2 Å². The molecule has 0 spiro atoms. The third-order valence-electron chi connectivity index (χ3n) is 3.08. The largest absolute Gasteiger partial charge is 0.490 e. The Kier molecular flexibility index (Phi) is 5.09. The highest BCUT2D eigenvalue weighted by atomic mass is 16.6. The summed E-state index contributed by atoms with van der Waals surface area (Å²) < 4.78 is 5.07. The van der Waals surface area contributed by atoms with Crippen molar-refractivity contribution in [3.63, 3.8) is 0 Å². The van der Waals surface area contributed by atoms with Gasteiger partial charge in [-0.05, 0) is 13.8 Å². The fourth-order valence-electron chi connectivity index (χ4n) is 1.85. The number of nitro benzene ring substituents is 1. The summed E-state index contributed by atoms with van der Waals surface area (Å²) in [6, 6.07) is 5.04. The summed E-state index contributed by atoms with van der Waals surface area (Å²) in [5, 5.41) is 20.3. The summed E-state index contributed by atoms with van der Waals surface area (Å²) >= 11 is 0. The van der Waals surface area contributed by atoms with E-state index < -0.39 is 4.92 Å². The van der Waals surface area contributed by atoms with Crippen LogP contribution in [0.5, 0.6) is 5.75 Å². The number of hydrogen-bond acceptors (Lipinski definition) is 5. The molecule has 1 aromatic carbocycles. The van der Waals surface area contributed by atoms with Gasteiger partial charge in [0, 0.05) is 37.0 Å². The van der Waals surface area contributed by atoms with Crippen LogP contribution in [0.1, 0.15) is 19.4 Å². The molecule has 0 saturated heterocycles. The second kappa shape index (κ2) is 6.57. The molecule has 0 unspecified atom stereocenters. The van der Waals surface area contributed by atoms with Crippen LogP contribution in [-0.2, 0) is 0 Å². The molecule has 6 nitrogen and oxygen atoms in total. The van der Waals surface area contributed by atoms with Gasteiger partial charge in [-0.25, -0.2) is 0 Å². The maximum Gasteiger partial charge on any atom is 0.311 e. The average Bonchev–Trinajstić information content (AvgIpc) is 2.46. The Balaban J connectivity index is 3.65. The Morgan fingerprint density at radius 1 is 1.60 bits per heavy atom. The van der Waals surface area contributed by atoms with Gasteiger partial charge in [0.25, 0.3) is 0 Å². The smallest absolute Gasteiger partial charge is 0.311 e. The molecule has 0 radical (unpaired) electrons. The number of nitrogens with zero attached hydrogens (tertiary/aromatic N) is 3. The molecule has 1 rings (SSSR count). The molecule has 0 bridgehead atoms. The zero-order valence-electron chi connectivity index (χ0n) is 12.0. The molecule has 0 amide bonds. The predicted molar refractivity (Wildman–Crippen MR) is 77.9 cm³/mol. The molecule has 0 aliphatic carbocycles. The molecule has 106 valence electrons. The number of methoxy groups -OCH3 is 1. The number of nitro groups is 1. The first-order chi connectivity index (χ1) is 9.49. The number of nitriles is 1. The zero-order chi connectivity index (χ0) is 15.3. The molecule has 0 N–H and O–H groups in total. The topological polar surface area (TPSA) is 79.4 Å². The van der Waals surface area contributed by atoms with Crippen molar-refractivity contribution in [3.05, 3.63) is 33.9 Å². The van der Waals surface area contributed by atoms with E-state index in [4.69, 9.17) is 4.74 Å². The van der Waals surface area contributed by atoms with Gasteiger partial charge in [-0.1, -0.05) is 6.08 Å². The fourth-order valence-corrected chi connectivity index (χ4v) is 1.85. The van der Waals surface area contributed by atoms with Crippen molar-refractivity contribution in [3.8, 4) is 11.8 Å². The molecular formula is C14H17N3O3. The number of rotatable bonds is 5. The highest BCUT2D eigenvalue weighted by Gasteiger charge is 2.22. The molecule has 20 heavy (non-hydrogen) atoms. The van der Waals surface area contributed by atoms with Crippen molar-refractivity contribution in [1.82, 2.24) is 0 Å². The van der Waals surface area contributed by atoms with E-state index >= 15 is 0 Å². The molecule has 0 aliphatic heterocycles. The second-order valence-electron chi connectivity index (χ2n) is 4.13. The van der Waals surface area contributed by atoms with E-state index in [0.717, 1.165) is 5.69 Å². The zero-order valence-corrected chi connectivity index (χ0v) is 12.0. The lowest BCUT2D eigenvalue weighted by molar-refractivity contribution is -0.385. The maximum atomic E-state index is 11.1. The Morgan fingerprint density at radius 3 is 2.65 bits per heavy atom. The third kappa shape index (κ3) is 2.88. The molecule has 0 atom stereocenters. The molecule has 1 aromatic rings. The van der Waals surface area contributed by atoms with Gasteiger partial charge >= 0.3 is 5.69 Å². The SMILES string of the molecule is C/C=C(\C#N)c1cc([N+](=O)[O-])c(OC)cc1N(C)CC. The van der Waals surface area contributed by atoms with Crippen LogP contribution >= 0.6 is 0 Å². The molecule has 0 fully saturated rings. The maximum absolute atomic E-state index is 11.1. The highest BCUT2D eigenvalue weighted by molar-refractivity contribution is 5.86. The lowest BCUT2D eigenvalue weighted by Gasteiger charge is -2.21. The van der Waals surface area contributed by atoms with Crippen LogP contribution < -0.4 is 9.64 Å². The van der Waals surface area contributed by atoms with Gasteiger partial charge in [0.1, 0.15) is 0 Å². The Bertz CT molecular complexity index is 588. The van der Waals surface area contributed by atoms with Crippen LogP contribution in [0, 0.1) is 21.4 Å². The molecule has 6 heteroatoms. The number of allylic oxidation sites excluding steroid dienone is 2. The first-order valence-corrected chi connectivity index (χ1v) is 6.14. The molecule has 0 heterocycles. The van der Waals surface area contributed by atoms with Crippen LogP contribution in [0.4, 0.5) is 11.4 Å². The van der Waals surface area contributed by atoms with E-state index in [0.29, 0.717) is 17.7 Å². The van der Waals surface area contributed by atoms with E-state index in [9.17, 15) is 15.4 Å². The second-order valence-corrected chi connectivity index (χ2v) is 4.13. The van der Waals surface area contributed by atoms with Crippen LogP contribution in [0.2, 0.25) is 0 Å². The van der Waals surface area contributed by atoms with E-state index in [1.54, 1.807) is 19.1 Å². The minimum absolute atomic E-state index is 0.148. The lowest BCUT2D eigenvalue weighted by Crippen LogP contribution is -2.17. The Morgan fingerprint density at radius 2 is 2.25 bits per heavy atom. The highest BCUT2D eigenvalue weighted by Crippen LogP contribution is 2.37. The predicted octanol–water partition coefficient (Wildman–Crippen LogP) is 2.99. The Hall–Kier alpha value is -2.55. The summed E-state index contributed by atoms with van der Waals surface area (Å²) in [4.78, 5) is 12.5. The number of hydrogen-bond donors (Lipinski definition) is 0. The number of benzene rings is 1. The monoisotopic (exact) mass is 275 g/mol. The van der Waals surface area contributed by atoms with Gasteiger partial charge < -0.3 is 9.64 Å². The standard InChI is InChI=1S/C14H17N3O3/c1-5-10(9-15)11-7-13(17(18)19)14(20-4)8-12(11)16(3)6-2/h5,7-8H,6H2,1-4H3/b10-5+. The summed E-state index contributed by atoms with van der Waals surface area (Å²) in [6.07, 6.45) is 1.64. The van der Waals surface area contributed by atoms with Crippen LogP contribution in [0.25, 0.3) is 5.57 Å². The summed E-state index contributed by atoms with van der Waals surface area (Å²) in [5.41, 5.74) is 1.51. The Labute approximate surface area is 118 Å². The molecule has 0 aromatic heterocycles. The number of anilines is 1. The molecule has 0 aliphatic rings. The summed E-state index contributed by atoms with van der Waals surface area (Å²) in [5.74, 6) is 0.183. The van der Waals surface area contributed by atoms with E-state index in [-0.39, 0.29) is 11.4 Å². The first-order valence-electron chi connectivity index (χ1n) is 6.14. The van der Waals surface area contributed by atoms with Gasteiger partial charge in [-0.3, -0.25) is 10.1 Å². The van der Waals surface area contributed by atoms with Crippen LogP contribution in [-0.4, -0.2) is 25.6 Å². The molecular weight excluding hydrogens is 258 g/mol. The summed E-state index contributed by atoms with van der Waals surface area (Å²) in [7, 11) is 3.24. The summed E-state index contributed by atoms with van der Waals surface area (Å²) in [6.45, 7) is 4.39. The van der Waals surface area contributed by atoms with Gasteiger partial charge in [0.15, 0.2) is 5.75 Å². The van der Waals surface area contributed by atoms with E-state index in [1.807, 2.05) is 18.9 Å². The van der Waals surface area contributed by atoms with Gasteiger partial charge in [0.2, 0.25) is 0 Å².